The van der Waals surface area contributed by atoms with Gasteiger partial charge in [0.25, 0.3) is 0 Å². The number of nitrogens with zero attached hydrogens (tertiary/aromatic N) is 5. The highest BCUT2D eigenvalue weighted by Gasteiger charge is 2.72. The molecule has 1 N–H and O–H groups in total. The van der Waals surface area contributed by atoms with Crippen molar-refractivity contribution in [2.24, 2.45) is 17.3 Å². The molecule has 10 nitrogen and oxygen atoms in total. The highest BCUT2D eigenvalue weighted by molar-refractivity contribution is 6.31. The first-order valence-electron chi connectivity index (χ1n) is 12.6. The number of morpholine rings is 1. The van der Waals surface area contributed by atoms with Gasteiger partial charge in [0.2, 0.25) is 11.8 Å². The molecular formula is C27H28ClN5O5. The fourth-order valence-electron chi connectivity index (χ4n) is 6.12. The topological polar surface area (TPSA) is 117 Å². The lowest BCUT2D eigenvalue weighted by atomic mass is 9.93. The number of aryl methyl sites for hydroxylation is 1. The number of fused-ring (bicyclic) bond motifs is 2. The standard InChI is InChI=1S/C27H28ClN5O5/c1-14-6-16(28)8-19(18(14)9-17-12-31(26(36)37)4-5-38-17)23-20-7-15(11-33(20)30-13-29-23)10-32-24(34)21-22(25(32)35)27(21,2)3/h6-8,11,13,17,21-22H,4-5,9-10,12H2,1-3H3,(H,36,37)/t17-,21?,22?/m1/s1. The Morgan fingerprint density at radius 3 is 2.66 bits per heavy atom. The van der Waals surface area contributed by atoms with Crippen molar-refractivity contribution < 1.29 is 24.2 Å². The van der Waals surface area contributed by atoms with Gasteiger partial charge >= 0.3 is 6.09 Å². The van der Waals surface area contributed by atoms with Gasteiger partial charge in [-0.05, 0) is 47.2 Å². The number of hydrogen-bond acceptors (Lipinski definition) is 6. The quantitative estimate of drug-likeness (QED) is 0.495. The van der Waals surface area contributed by atoms with Crippen molar-refractivity contribution >= 4 is 35.0 Å². The number of benzene rings is 1. The van der Waals surface area contributed by atoms with Crippen molar-refractivity contribution in [1.29, 1.82) is 0 Å². The zero-order chi connectivity index (χ0) is 26.9. The summed E-state index contributed by atoms with van der Waals surface area (Å²) in [6, 6.07) is 5.62. The minimum absolute atomic E-state index is 0.109. The smallest absolute Gasteiger partial charge is 0.407 e. The molecular weight excluding hydrogens is 510 g/mol. The molecule has 3 fully saturated rings. The van der Waals surface area contributed by atoms with Gasteiger partial charge in [0.1, 0.15) is 6.33 Å². The molecule has 38 heavy (non-hydrogen) atoms. The monoisotopic (exact) mass is 537 g/mol. The van der Waals surface area contributed by atoms with E-state index in [0.29, 0.717) is 35.8 Å². The first kappa shape index (κ1) is 24.8. The first-order valence-corrected chi connectivity index (χ1v) is 13.0. The van der Waals surface area contributed by atoms with Crippen LogP contribution in [0.2, 0.25) is 5.02 Å². The van der Waals surface area contributed by atoms with E-state index in [-0.39, 0.29) is 48.3 Å². The SMILES string of the molecule is Cc1cc(Cl)cc(-c2ncnn3cc(CN4C(=O)C5C(C4=O)C5(C)C)cc23)c1C[C@@H]1CN(C(=O)O)CCO1. The molecule has 6 rings (SSSR count). The summed E-state index contributed by atoms with van der Waals surface area (Å²) in [5, 5.41) is 14.3. The maximum atomic E-state index is 12.9. The largest absolute Gasteiger partial charge is 0.465 e. The fourth-order valence-corrected chi connectivity index (χ4v) is 6.39. The van der Waals surface area contributed by atoms with E-state index in [4.69, 9.17) is 16.3 Å². The van der Waals surface area contributed by atoms with Crippen molar-refractivity contribution in [3.05, 3.63) is 52.4 Å². The molecule has 1 aromatic carbocycles. The van der Waals surface area contributed by atoms with Crippen molar-refractivity contribution in [3.8, 4) is 11.3 Å². The van der Waals surface area contributed by atoms with Crippen molar-refractivity contribution in [2.45, 2.75) is 39.8 Å². The number of carbonyl (C=O) groups excluding carboxylic acids is 2. The molecule has 1 aliphatic carbocycles. The van der Waals surface area contributed by atoms with Gasteiger partial charge in [0.05, 0.1) is 48.8 Å². The summed E-state index contributed by atoms with van der Waals surface area (Å²) in [6.07, 6.45) is 2.49. The van der Waals surface area contributed by atoms with Gasteiger partial charge in [-0.25, -0.2) is 14.3 Å². The molecule has 3 aromatic rings. The lowest BCUT2D eigenvalue weighted by Crippen LogP contribution is -2.45. The second kappa shape index (κ2) is 8.78. The van der Waals surface area contributed by atoms with Crippen molar-refractivity contribution in [3.63, 3.8) is 0 Å². The number of halogens is 1. The van der Waals surface area contributed by atoms with Crippen LogP contribution in [0.4, 0.5) is 4.79 Å². The second-order valence-corrected chi connectivity index (χ2v) is 11.4. The van der Waals surface area contributed by atoms with E-state index in [1.54, 1.807) is 4.52 Å². The normalized spacial score (nSPS) is 24.3. The third-order valence-electron chi connectivity index (χ3n) is 8.23. The molecule has 2 aliphatic heterocycles. The van der Waals surface area contributed by atoms with E-state index in [9.17, 15) is 19.5 Å². The molecule has 2 saturated heterocycles. The number of imide groups is 1. The number of hydrogen-bond donors (Lipinski definition) is 1. The van der Waals surface area contributed by atoms with E-state index < -0.39 is 6.09 Å². The summed E-state index contributed by atoms with van der Waals surface area (Å²) in [7, 11) is 0. The van der Waals surface area contributed by atoms with Gasteiger partial charge in [0.15, 0.2) is 0 Å². The van der Waals surface area contributed by atoms with Crippen LogP contribution >= 0.6 is 11.6 Å². The van der Waals surface area contributed by atoms with Crippen LogP contribution in [0.15, 0.2) is 30.7 Å². The third-order valence-corrected chi connectivity index (χ3v) is 8.45. The Labute approximate surface area is 224 Å². The molecule has 11 heteroatoms. The number of carbonyl (C=O) groups is 3. The Kier molecular flexibility index (Phi) is 5.73. The highest BCUT2D eigenvalue weighted by Crippen LogP contribution is 2.63. The average Bonchev–Trinajstić information content (AvgIpc) is 3.11. The van der Waals surface area contributed by atoms with E-state index in [1.165, 1.54) is 16.1 Å². The van der Waals surface area contributed by atoms with Crippen LogP contribution in [-0.4, -0.2) is 73.2 Å². The summed E-state index contributed by atoms with van der Waals surface area (Å²) in [5.41, 5.74) is 4.61. The highest BCUT2D eigenvalue weighted by atomic mass is 35.5. The number of ether oxygens (including phenoxy) is 1. The van der Waals surface area contributed by atoms with Crippen LogP contribution in [0, 0.1) is 24.2 Å². The lowest BCUT2D eigenvalue weighted by molar-refractivity contribution is -0.143. The van der Waals surface area contributed by atoms with Crippen LogP contribution < -0.4 is 0 Å². The Morgan fingerprint density at radius 2 is 1.95 bits per heavy atom. The molecule has 4 heterocycles. The molecule has 3 atom stereocenters. The van der Waals surface area contributed by atoms with Crippen LogP contribution in [0.25, 0.3) is 16.8 Å². The van der Waals surface area contributed by atoms with Crippen LogP contribution in [0.1, 0.15) is 30.5 Å². The number of piperidine rings is 1. The molecule has 0 bridgehead atoms. The van der Waals surface area contributed by atoms with E-state index in [1.807, 2.05) is 45.2 Å². The summed E-state index contributed by atoms with van der Waals surface area (Å²) in [5.74, 6) is -0.665. The zero-order valence-corrected chi connectivity index (χ0v) is 22.1. The number of carboxylic acid groups (broad SMARTS) is 1. The molecule has 0 radical (unpaired) electrons. The lowest BCUT2D eigenvalue weighted by Gasteiger charge is -2.31. The maximum Gasteiger partial charge on any atom is 0.407 e. The van der Waals surface area contributed by atoms with Gasteiger partial charge in [0, 0.05) is 29.7 Å². The van der Waals surface area contributed by atoms with Gasteiger partial charge in [-0.3, -0.25) is 14.5 Å². The van der Waals surface area contributed by atoms with Gasteiger partial charge in [-0.1, -0.05) is 25.4 Å². The van der Waals surface area contributed by atoms with E-state index in [2.05, 4.69) is 10.1 Å². The molecule has 198 valence electrons. The Bertz CT molecular complexity index is 1480. The zero-order valence-electron chi connectivity index (χ0n) is 21.3. The van der Waals surface area contributed by atoms with Crippen LogP contribution in [-0.2, 0) is 27.3 Å². The average molecular weight is 538 g/mol. The first-order chi connectivity index (χ1) is 18.1. The second-order valence-electron chi connectivity index (χ2n) is 11.0. The van der Waals surface area contributed by atoms with Crippen molar-refractivity contribution in [1.82, 2.24) is 24.4 Å². The summed E-state index contributed by atoms with van der Waals surface area (Å²) in [4.78, 5) is 44.5. The summed E-state index contributed by atoms with van der Waals surface area (Å²) in [6.45, 7) is 7.04. The Morgan fingerprint density at radius 1 is 1.21 bits per heavy atom. The molecule has 0 spiro atoms. The van der Waals surface area contributed by atoms with Crippen LogP contribution in [0.5, 0.6) is 0 Å². The number of amides is 3. The summed E-state index contributed by atoms with van der Waals surface area (Å²) >= 11 is 6.47. The third kappa shape index (κ3) is 3.94. The van der Waals surface area contributed by atoms with Crippen LogP contribution in [0.3, 0.4) is 0 Å². The van der Waals surface area contributed by atoms with E-state index in [0.717, 1.165) is 22.3 Å². The predicted octanol–water partition coefficient (Wildman–Crippen LogP) is 3.42. The molecule has 2 aromatic heterocycles. The number of likely N-dealkylation sites (tertiary alicyclic amines) is 1. The Balaban J connectivity index is 1.33. The molecule has 3 amide bonds. The van der Waals surface area contributed by atoms with Crippen molar-refractivity contribution in [2.75, 3.05) is 19.7 Å². The molecule has 3 aliphatic rings. The van der Waals surface area contributed by atoms with Gasteiger partial charge in [-0.2, -0.15) is 5.10 Å². The summed E-state index contributed by atoms with van der Waals surface area (Å²) < 4.78 is 7.60. The number of rotatable bonds is 5. The van der Waals surface area contributed by atoms with Gasteiger partial charge in [-0.15, -0.1) is 0 Å². The molecule has 2 unspecified atom stereocenters. The fraction of sp³-hybridized carbons (Fsp3) is 0.444. The Hall–Kier alpha value is -3.50. The maximum absolute atomic E-state index is 12.9. The minimum Gasteiger partial charge on any atom is -0.465 e. The number of aromatic nitrogens is 3. The van der Waals surface area contributed by atoms with Gasteiger partial charge < -0.3 is 14.7 Å². The predicted molar refractivity (Wildman–Crippen MR) is 138 cm³/mol. The van der Waals surface area contributed by atoms with E-state index >= 15 is 0 Å². The molecule has 1 saturated carbocycles. The minimum atomic E-state index is -0.958.